The lowest BCUT2D eigenvalue weighted by Gasteiger charge is -1.99. The second kappa shape index (κ2) is 7.55. The number of hydrogen-bond acceptors (Lipinski definition) is 2. The van der Waals surface area contributed by atoms with Gasteiger partial charge in [-0.25, -0.2) is 0 Å². The van der Waals surface area contributed by atoms with Crippen LogP contribution in [0.2, 0.25) is 0 Å². The molecular weight excluding hydrogens is 208 g/mol. The molecule has 0 unspecified atom stereocenters. The maximum absolute atomic E-state index is 4.23. The average molecular weight is 228 g/mol. The lowest BCUT2D eigenvalue weighted by molar-refractivity contribution is 0.886. The number of unbranched alkanes of at least 4 members (excludes halogenated alkanes) is 1. The van der Waals surface area contributed by atoms with E-state index in [4.69, 9.17) is 0 Å². The fourth-order valence-electron chi connectivity index (χ4n) is 1.17. The van der Waals surface area contributed by atoms with Crippen molar-refractivity contribution < 1.29 is 0 Å². The van der Waals surface area contributed by atoms with E-state index in [1.54, 1.807) is 6.20 Å². The van der Waals surface area contributed by atoms with Crippen LogP contribution in [0, 0.1) is 6.92 Å². The van der Waals surface area contributed by atoms with E-state index in [1.165, 1.54) is 12.8 Å². The second-order valence-electron chi connectivity index (χ2n) is 3.93. The van der Waals surface area contributed by atoms with Gasteiger partial charge in [-0.3, -0.25) is 9.97 Å². The second-order valence-corrected chi connectivity index (χ2v) is 3.93. The highest BCUT2D eigenvalue weighted by Gasteiger charge is 1.95. The minimum atomic E-state index is 1.03. The highest BCUT2D eigenvalue weighted by atomic mass is 14.7. The first-order valence-corrected chi connectivity index (χ1v) is 6.11. The highest BCUT2D eigenvalue weighted by molar-refractivity contribution is 5.60. The lowest BCUT2D eigenvalue weighted by atomic mass is 10.1. The zero-order valence-electron chi connectivity index (χ0n) is 10.9. The Morgan fingerprint density at radius 2 is 1.65 bits per heavy atom. The van der Waals surface area contributed by atoms with Gasteiger partial charge in [-0.1, -0.05) is 38.8 Å². The van der Waals surface area contributed by atoms with Crippen molar-refractivity contribution in [1.29, 1.82) is 0 Å². The Labute approximate surface area is 104 Å². The number of aromatic nitrogens is 2. The molecule has 0 aliphatic carbocycles. The number of aryl methyl sites for hydroxylation is 1. The summed E-state index contributed by atoms with van der Waals surface area (Å²) >= 11 is 0. The summed E-state index contributed by atoms with van der Waals surface area (Å²) in [5, 5.41) is 0. The van der Waals surface area contributed by atoms with E-state index in [2.05, 4.69) is 29.9 Å². The van der Waals surface area contributed by atoms with Crippen LogP contribution in [0.25, 0.3) is 11.1 Å². The fourth-order valence-corrected chi connectivity index (χ4v) is 1.17. The van der Waals surface area contributed by atoms with Crippen molar-refractivity contribution in [2.75, 3.05) is 0 Å². The molecule has 0 saturated heterocycles. The summed E-state index contributed by atoms with van der Waals surface area (Å²) in [4.78, 5) is 8.28. The summed E-state index contributed by atoms with van der Waals surface area (Å²) < 4.78 is 0. The third-order valence-corrected chi connectivity index (χ3v) is 2.41. The fraction of sp³-hybridized carbons (Fsp3) is 0.333. The van der Waals surface area contributed by atoms with Gasteiger partial charge in [0.15, 0.2) is 0 Å². The first-order chi connectivity index (χ1) is 8.27. The van der Waals surface area contributed by atoms with Crippen LogP contribution in [0.15, 0.2) is 42.9 Å². The number of rotatable bonds is 2. The molecule has 0 fully saturated rings. The molecule has 2 nitrogen and oxygen atoms in total. The Hall–Kier alpha value is -1.70. The molecule has 2 aromatic rings. The quantitative estimate of drug-likeness (QED) is 0.767. The van der Waals surface area contributed by atoms with Crippen LogP contribution in [0.5, 0.6) is 0 Å². The number of hydrogen-bond donors (Lipinski definition) is 0. The molecule has 0 saturated carbocycles. The van der Waals surface area contributed by atoms with Crippen LogP contribution < -0.4 is 0 Å². The maximum atomic E-state index is 4.23. The van der Waals surface area contributed by atoms with Crippen LogP contribution in [0.1, 0.15) is 32.4 Å². The molecule has 2 rings (SSSR count). The van der Waals surface area contributed by atoms with Crippen molar-refractivity contribution in [3.63, 3.8) is 0 Å². The first-order valence-electron chi connectivity index (χ1n) is 6.11. The van der Waals surface area contributed by atoms with Gasteiger partial charge in [0.2, 0.25) is 0 Å². The molecule has 0 aliphatic heterocycles. The molecule has 0 atom stereocenters. The van der Waals surface area contributed by atoms with Crippen LogP contribution >= 0.6 is 0 Å². The lowest BCUT2D eigenvalue weighted by Crippen LogP contribution is -1.82. The predicted molar refractivity (Wildman–Crippen MR) is 72.8 cm³/mol. The predicted octanol–water partition coefficient (Wildman–Crippen LogP) is 4.26. The van der Waals surface area contributed by atoms with E-state index in [0.29, 0.717) is 0 Å². The standard InChI is InChI=1S/C11H10N2.C4H10/c1-9-4-5-11(8-13-9)10-3-2-6-12-7-10;1-3-4-2/h2-8H,1H3;3-4H2,1-2H3. The van der Waals surface area contributed by atoms with Gasteiger partial charge in [0.25, 0.3) is 0 Å². The molecule has 0 aromatic carbocycles. The number of pyridine rings is 2. The summed E-state index contributed by atoms with van der Waals surface area (Å²) in [5.74, 6) is 0. The molecule has 0 N–H and O–H groups in total. The largest absolute Gasteiger partial charge is 0.264 e. The average Bonchev–Trinajstić information content (AvgIpc) is 2.41. The zero-order valence-corrected chi connectivity index (χ0v) is 10.9. The van der Waals surface area contributed by atoms with E-state index in [9.17, 15) is 0 Å². The summed E-state index contributed by atoms with van der Waals surface area (Å²) in [5.41, 5.74) is 3.25. The molecule has 2 aromatic heterocycles. The van der Waals surface area contributed by atoms with Crippen molar-refractivity contribution in [2.24, 2.45) is 0 Å². The molecular formula is C15H20N2. The Morgan fingerprint density at radius 1 is 0.941 bits per heavy atom. The van der Waals surface area contributed by atoms with Crippen LogP contribution in [-0.2, 0) is 0 Å². The van der Waals surface area contributed by atoms with Crippen LogP contribution in [0.4, 0.5) is 0 Å². The van der Waals surface area contributed by atoms with Crippen molar-refractivity contribution in [3.8, 4) is 11.1 Å². The first kappa shape index (κ1) is 13.4. The summed E-state index contributed by atoms with van der Waals surface area (Å²) in [6.45, 7) is 6.34. The van der Waals surface area contributed by atoms with Crippen molar-refractivity contribution >= 4 is 0 Å². The number of nitrogens with zero attached hydrogens (tertiary/aromatic N) is 2. The van der Waals surface area contributed by atoms with Gasteiger partial charge in [-0.05, 0) is 19.1 Å². The van der Waals surface area contributed by atoms with Gasteiger partial charge in [0.05, 0.1) is 0 Å². The molecule has 90 valence electrons. The van der Waals surface area contributed by atoms with Crippen LogP contribution in [0.3, 0.4) is 0 Å². The van der Waals surface area contributed by atoms with Gasteiger partial charge < -0.3 is 0 Å². The molecule has 0 amide bonds. The molecule has 17 heavy (non-hydrogen) atoms. The maximum Gasteiger partial charge on any atom is 0.0373 e. The van der Waals surface area contributed by atoms with E-state index >= 15 is 0 Å². The van der Waals surface area contributed by atoms with E-state index in [1.807, 2.05) is 37.5 Å². The minimum Gasteiger partial charge on any atom is -0.264 e. The third kappa shape index (κ3) is 4.77. The topological polar surface area (TPSA) is 25.8 Å². The van der Waals surface area contributed by atoms with Gasteiger partial charge in [-0.2, -0.15) is 0 Å². The SMILES string of the molecule is CCCC.Cc1ccc(-c2cccnc2)cn1. The molecule has 0 radical (unpaired) electrons. The summed E-state index contributed by atoms with van der Waals surface area (Å²) in [7, 11) is 0. The van der Waals surface area contributed by atoms with E-state index < -0.39 is 0 Å². The molecule has 2 heteroatoms. The molecule has 0 bridgehead atoms. The molecule has 0 aliphatic rings. The normalized spacial score (nSPS) is 9.35. The Balaban J connectivity index is 0.000000317. The smallest absolute Gasteiger partial charge is 0.0373 e. The minimum absolute atomic E-state index is 1.03. The van der Waals surface area contributed by atoms with Gasteiger partial charge in [0, 0.05) is 35.4 Å². The Bertz CT molecular complexity index is 405. The molecule has 2 heterocycles. The van der Waals surface area contributed by atoms with Gasteiger partial charge in [-0.15, -0.1) is 0 Å². The monoisotopic (exact) mass is 228 g/mol. The van der Waals surface area contributed by atoms with Gasteiger partial charge in [0.1, 0.15) is 0 Å². The van der Waals surface area contributed by atoms with E-state index in [-0.39, 0.29) is 0 Å². The van der Waals surface area contributed by atoms with Crippen molar-refractivity contribution in [3.05, 3.63) is 48.5 Å². The summed E-state index contributed by atoms with van der Waals surface area (Å²) in [6.07, 6.45) is 8.11. The Kier molecular flexibility index (Phi) is 5.94. The van der Waals surface area contributed by atoms with Crippen molar-refractivity contribution in [2.45, 2.75) is 33.6 Å². The Morgan fingerprint density at radius 3 is 2.12 bits per heavy atom. The zero-order chi connectivity index (χ0) is 12.5. The summed E-state index contributed by atoms with van der Waals surface area (Å²) in [6, 6.07) is 8.01. The van der Waals surface area contributed by atoms with Crippen LogP contribution in [-0.4, -0.2) is 9.97 Å². The highest BCUT2D eigenvalue weighted by Crippen LogP contribution is 2.16. The third-order valence-electron chi connectivity index (χ3n) is 2.41. The van der Waals surface area contributed by atoms with Crippen molar-refractivity contribution in [1.82, 2.24) is 9.97 Å². The molecule has 0 spiro atoms. The van der Waals surface area contributed by atoms with E-state index in [0.717, 1.165) is 16.8 Å². The van der Waals surface area contributed by atoms with Gasteiger partial charge >= 0.3 is 0 Å².